The van der Waals surface area contributed by atoms with Crippen molar-refractivity contribution in [2.45, 2.75) is 33.3 Å². The van der Waals surface area contributed by atoms with Crippen LogP contribution >= 0.6 is 11.5 Å². The van der Waals surface area contributed by atoms with Crippen LogP contribution in [-0.4, -0.2) is 38.1 Å². The molecule has 0 radical (unpaired) electrons. The SMILES string of the molecule is Cc1cc(C)nc(-c2cccc3c2O[C@@H](CNC(=O)c2snnc2C)C3)n1. The molecule has 1 atom stereocenters. The van der Waals surface area contributed by atoms with Gasteiger partial charge in [-0.15, -0.1) is 5.10 Å². The Kier molecular flexibility index (Phi) is 4.57. The molecule has 4 rings (SSSR count). The van der Waals surface area contributed by atoms with Gasteiger partial charge in [-0.3, -0.25) is 4.79 Å². The number of hydrogen-bond acceptors (Lipinski definition) is 7. The molecule has 7 nitrogen and oxygen atoms in total. The molecule has 138 valence electrons. The van der Waals surface area contributed by atoms with Crippen LogP contribution in [0.2, 0.25) is 0 Å². The Morgan fingerprint density at radius 2 is 2.04 bits per heavy atom. The van der Waals surface area contributed by atoms with Crippen LogP contribution in [-0.2, 0) is 6.42 Å². The Labute approximate surface area is 161 Å². The second kappa shape index (κ2) is 7.03. The standard InChI is InChI=1S/C19H19N5O2S/c1-10-7-11(2)22-18(21-10)15-6-4-5-13-8-14(26-16(13)15)9-20-19(25)17-12(3)23-24-27-17/h4-7,14H,8-9H2,1-3H3,(H,20,25)/t14-/m1/s1. The van der Waals surface area contributed by atoms with Gasteiger partial charge in [0.05, 0.1) is 17.8 Å². The van der Waals surface area contributed by atoms with Gasteiger partial charge in [-0.05, 0) is 50.0 Å². The molecule has 0 saturated carbocycles. The number of carbonyl (C=O) groups is 1. The van der Waals surface area contributed by atoms with Gasteiger partial charge in [0.25, 0.3) is 5.91 Å². The van der Waals surface area contributed by atoms with E-state index >= 15 is 0 Å². The third-order valence-corrected chi connectivity index (χ3v) is 5.23. The van der Waals surface area contributed by atoms with E-state index in [9.17, 15) is 4.79 Å². The quantitative estimate of drug-likeness (QED) is 0.747. The number of amides is 1. The first-order chi connectivity index (χ1) is 13.0. The molecule has 0 unspecified atom stereocenters. The van der Waals surface area contributed by atoms with Gasteiger partial charge in [-0.25, -0.2) is 9.97 Å². The lowest BCUT2D eigenvalue weighted by molar-refractivity contribution is 0.0937. The van der Waals surface area contributed by atoms with E-state index in [0.29, 0.717) is 22.9 Å². The fourth-order valence-electron chi connectivity index (χ4n) is 3.20. The van der Waals surface area contributed by atoms with E-state index in [1.165, 1.54) is 0 Å². The van der Waals surface area contributed by atoms with E-state index in [4.69, 9.17) is 4.74 Å². The fraction of sp³-hybridized carbons (Fsp3) is 0.316. The minimum atomic E-state index is -0.167. The second-order valence-corrected chi connectivity index (χ2v) is 7.36. The number of ether oxygens (including phenoxy) is 1. The summed E-state index contributed by atoms with van der Waals surface area (Å²) in [4.78, 5) is 21.9. The summed E-state index contributed by atoms with van der Waals surface area (Å²) >= 11 is 1.10. The molecular weight excluding hydrogens is 362 g/mol. The topological polar surface area (TPSA) is 89.9 Å². The Hall–Kier alpha value is -2.87. The third kappa shape index (κ3) is 3.52. The summed E-state index contributed by atoms with van der Waals surface area (Å²) in [6, 6.07) is 7.95. The van der Waals surface area contributed by atoms with E-state index in [1.807, 2.05) is 38.1 Å². The first-order valence-corrected chi connectivity index (χ1v) is 9.47. The maximum Gasteiger partial charge on any atom is 0.265 e. The molecule has 0 fully saturated rings. The third-order valence-electron chi connectivity index (χ3n) is 4.40. The summed E-state index contributed by atoms with van der Waals surface area (Å²) in [5, 5.41) is 6.79. The molecule has 27 heavy (non-hydrogen) atoms. The lowest BCUT2D eigenvalue weighted by Gasteiger charge is -2.13. The molecule has 0 spiro atoms. The number of aromatic nitrogens is 4. The van der Waals surface area contributed by atoms with Crippen molar-refractivity contribution in [3.05, 3.63) is 51.8 Å². The van der Waals surface area contributed by atoms with Gasteiger partial charge in [0, 0.05) is 17.8 Å². The molecule has 0 aliphatic carbocycles. The summed E-state index contributed by atoms with van der Waals surface area (Å²) < 4.78 is 9.95. The number of para-hydroxylation sites is 1. The van der Waals surface area contributed by atoms with Gasteiger partial charge in [-0.2, -0.15) is 0 Å². The number of nitrogens with zero attached hydrogens (tertiary/aromatic N) is 4. The van der Waals surface area contributed by atoms with E-state index < -0.39 is 0 Å². The highest BCUT2D eigenvalue weighted by molar-refractivity contribution is 7.07. The van der Waals surface area contributed by atoms with Crippen molar-refractivity contribution < 1.29 is 9.53 Å². The number of rotatable bonds is 4. The molecular formula is C19H19N5O2S. The van der Waals surface area contributed by atoms with E-state index in [2.05, 4.69) is 24.9 Å². The largest absolute Gasteiger partial charge is 0.487 e. The Morgan fingerprint density at radius 1 is 1.26 bits per heavy atom. The van der Waals surface area contributed by atoms with Gasteiger partial charge in [0.2, 0.25) is 0 Å². The normalized spacial score (nSPS) is 15.3. The molecule has 1 aromatic carbocycles. The average Bonchev–Trinajstić information content (AvgIpc) is 3.24. The lowest BCUT2D eigenvalue weighted by atomic mass is 10.1. The van der Waals surface area contributed by atoms with Crippen LogP contribution in [0.1, 0.15) is 32.3 Å². The predicted molar refractivity (Wildman–Crippen MR) is 102 cm³/mol. The number of hydrogen-bond donors (Lipinski definition) is 1. The van der Waals surface area contributed by atoms with Crippen molar-refractivity contribution in [3.8, 4) is 17.1 Å². The summed E-state index contributed by atoms with van der Waals surface area (Å²) in [5.74, 6) is 1.30. The van der Waals surface area contributed by atoms with Crippen LogP contribution in [0.3, 0.4) is 0 Å². The highest BCUT2D eigenvalue weighted by Gasteiger charge is 2.27. The van der Waals surface area contributed by atoms with Gasteiger partial charge in [0.15, 0.2) is 5.82 Å². The Balaban J connectivity index is 1.50. The maximum absolute atomic E-state index is 12.3. The van der Waals surface area contributed by atoms with Crippen LogP contribution in [0, 0.1) is 20.8 Å². The zero-order valence-electron chi connectivity index (χ0n) is 15.3. The predicted octanol–water partition coefficient (Wildman–Crippen LogP) is 2.65. The van der Waals surface area contributed by atoms with Crippen LogP contribution in [0.4, 0.5) is 0 Å². The van der Waals surface area contributed by atoms with Crippen LogP contribution < -0.4 is 10.1 Å². The molecule has 0 bridgehead atoms. The molecule has 1 N–H and O–H groups in total. The molecule has 1 amide bonds. The van der Waals surface area contributed by atoms with Gasteiger partial charge in [0.1, 0.15) is 16.7 Å². The highest BCUT2D eigenvalue weighted by atomic mass is 32.1. The van der Waals surface area contributed by atoms with Gasteiger partial charge >= 0.3 is 0 Å². The van der Waals surface area contributed by atoms with E-state index in [1.54, 1.807) is 6.92 Å². The molecule has 3 heterocycles. The molecule has 8 heteroatoms. The molecule has 0 saturated heterocycles. The summed E-state index contributed by atoms with van der Waals surface area (Å²) in [6.45, 7) is 6.10. The van der Waals surface area contributed by atoms with Crippen molar-refractivity contribution in [1.82, 2.24) is 24.9 Å². The monoisotopic (exact) mass is 381 g/mol. The van der Waals surface area contributed by atoms with Crippen molar-refractivity contribution >= 4 is 17.4 Å². The minimum Gasteiger partial charge on any atom is -0.487 e. The summed E-state index contributed by atoms with van der Waals surface area (Å²) in [5.41, 5.74) is 4.47. The zero-order chi connectivity index (χ0) is 19.0. The second-order valence-electron chi connectivity index (χ2n) is 6.61. The van der Waals surface area contributed by atoms with Crippen molar-refractivity contribution in [2.24, 2.45) is 0 Å². The number of fused-ring (bicyclic) bond motifs is 1. The van der Waals surface area contributed by atoms with Crippen LogP contribution in [0.5, 0.6) is 5.75 Å². The summed E-state index contributed by atoms with van der Waals surface area (Å²) in [7, 11) is 0. The van der Waals surface area contributed by atoms with Crippen LogP contribution in [0.25, 0.3) is 11.4 Å². The van der Waals surface area contributed by atoms with E-state index in [-0.39, 0.29) is 12.0 Å². The Bertz CT molecular complexity index is 997. The molecule has 1 aliphatic heterocycles. The number of carbonyl (C=O) groups excluding carboxylic acids is 1. The lowest BCUT2D eigenvalue weighted by Crippen LogP contribution is -2.34. The van der Waals surface area contributed by atoms with Crippen molar-refractivity contribution in [1.29, 1.82) is 0 Å². The molecule has 3 aromatic rings. The van der Waals surface area contributed by atoms with E-state index in [0.717, 1.165) is 46.2 Å². The van der Waals surface area contributed by atoms with Crippen molar-refractivity contribution in [3.63, 3.8) is 0 Å². The maximum atomic E-state index is 12.3. The number of aryl methyl sites for hydroxylation is 3. The summed E-state index contributed by atoms with van der Waals surface area (Å²) in [6.07, 6.45) is 0.603. The van der Waals surface area contributed by atoms with Gasteiger partial charge in [-0.1, -0.05) is 16.6 Å². The minimum absolute atomic E-state index is 0.128. The first-order valence-electron chi connectivity index (χ1n) is 8.69. The fourth-order valence-corrected chi connectivity index (χ4v) is 3.77. The smallest absolute Gasteiger partial charge is 0.265 e. The van der Waals surface area contributed by atoms with Crippen LogP contribution in [0.15, 0.2) is 24.3 Å². The number of nitrogens with one attached hydrogen (secondary N) is 1. The zero-order valence-corrected chi connectivity index (χ0v) is 16.1. The highest BCUT2D eigenvalue weighted by Crippen LogP contribution is 2.37. The van der Waals surface area contributed by atoms with Gasteiger partial charge < -0.3 is 10.1 Å². The number of benzene rings is 1. The molecule has 2 aromatic heterocycles. The first kappa shape index (κ1) is 17.5. The Morgan fingerprint density at radius 3 is 2.74 bits per heavy atom. The van der Waals surface area contributed by atoms with Crippen molar-refractivity contribution in [2.75, 3.05) is 6.54 Å². The average molecular weight is 381 g/mol. The molecule has 1 aliphatic rings.